The number of halogens is 2. The standard InChI is InChI=1S/C14H19BrClNO/c1-18-14-5-4-13(15)7-12(14)10-17-6-2-3-11(8-16)9-17/h4-5,7,11H,2-3,6,8-10H2,1H3. The maximum atomic E-state index is 5.97. The number of nitrogens with zero attached hydrogens (tertiary/aromatic N) is 1. The minimum Gasteiger partial charge on any atom is -0.496 e. The molecule has 1 heterocycles. The lowest BCUT2D eigenvalue weighted by Crippen LogP contribution is -2.35. The fourth-order valence-electron chi connectivity index (χ4n) is 2.53. The van der Waals surface area contributed by atoms with Crippen LogP contribution in [0.15, 0.2) is 22.7 Å². The number of benzene rings is 1. The molecule has 2 rings (SSSR count). The molecule has 0 aromatic heterocycles. The number of likely N-dealkylation sites (tertiary alicyclic amines) is 1. The zero-order valence-corrected chi connectivity index (χ0v) is 13.0. The first-order valence-electron chi connectivity index (χ1n) is 6.33. The van der Waals surface area contributed by atoms with E-state index in [-0.39, 0.29) is 0 Å². The summed E-state index contributed by atoms with van der Waals surface area (Å²) in [6, 6.07) is 6.17. The molecule has 1 aromatic carbocycles. The summed E-state index contributed by atoms with van der Waals surface area (Å²) >= 11 is 9.49. The largest absolute Gasteiger partial charge is 0.496 e. The molecule has 1 aliphatic rings. The molecule has 1 aromatic rings. The van der Waals surface area contributed by atoms with E-state index in [1.165, 1.54) is 18.4 Å². The third kappa shape index (κ3) is 3.62. The molecule has 0 saturated carbocycles. The van der Waals surface area contributed by atoms with Crippen molar-refractivity contribution in [3.8, 4) is 5.75 Å². The highest BCUT2D eigenvalue weighted by Gasteiger charge is 2.20. The van der Waals surface area contributed by atoms with Gasteiger partial charge in [-0.25, -0.2) is 0 Å². The first-order chi connectivity index (χ1) is 8.72. The highest BCUT2D eigenvalue weighted by atomic mass is 79.9. The van der Waals surface area contributed by atoms with E-state index in [2.05, 4.69) is 26.9 Å². The second-order valence-corrected chi connectivity index (χ2v) is 6.08. The van der Waals surface area contributed by atoms with Gasteiger partial charge in [-0.2, -0.15) is 0 Å². The molecular formula is C14H19BrClNO. The van der Waals surface area contributed by atoms with Crippen molar-refractivity contribution < 1.29 is 4.74 Å². The summed E-state index contributed by atoms with van der Waals surface area (Å²) in [6.45, 7) is 3.19. The number of methoxy groups -OCH3 is 1. The molecule has 0 bridgehead atoms. The van der Waals surface area contributed by atoms with E-state index in [1.54, 1.807) is 7.11 Å². The Morgan fingerprint density at radius 2 is 2.33 bits per heavy atom. The molecule has 2 nitrogen and oxygen atoms in total. The van der Waals surface area contributed by atoms with E-state index in [0.717, 1.165) is 35.7 Å². The summed E-state index contributed by atoms with van der Waals surface area (Å²) in [5, 5.41) is 0. The van der Waals surface area contributed by atoms with Gasteiger partial charge in [0, 0.05) is 29.0 Å². The maximum Gasteiger partial charge on any atom is 0.123 e. The van der Waals surface area contributed by atoms with Crippen LogP contribution in [0.25, 0.3) is 0 Å². The van der Waals surface area contributed by atoms with E-state index in [4.69, 9.17) is 16.3 Å². The SMILES string of the molecule is COc1ccc(Br)cc1CN1CCCC(CCl)C1. The first kappa shape index (κ1) is 14.2. The highest BCUT2D eigenvalue weighted by molar-refractivity contribution is 9.10. The van der Waals surface area contributed by atoms with Gasteiger partial charge in [0.25, 0.3) is 0 Å². The summed E-state index contributed by atoms with van der Waals surface area (Å²) in [5.41, 5.74) is 1.24. The number of hydrogen-bond donors (Lipinski definition) is 0. The van der Waals surface area contributed by atoms with Crippen LogP contribution in [0.4, 0.5) is 0 Å². The van der Waals surface area contributed by atoms with Crippen LogP contribution in [0.5, 0.6) is 5.75 Å². The topological polar surface area (TPSA) is 12.5 Å². The molecule has 18 heavy (non-hydrogen) atoms. The van der Waals surface area contributed by atoms with Crippen molar-refractivity contribution in [2.45, 2.75) is 19.4 Å². The van der Waals surface area contributed by atoms with Gasteiger partial charge in [-0.15, -0.1) is 11.6 Å². The van der Waals surface area contributed by atoms with Gasteiger partial charge in [-0.1, -0.05) is 15.9 Å². The molecule has 1 aliphatic heterocycles. The number of hydrogen-bond acceptors (Lipinski definition) is 2. The lowest BCUT2D eigenvalue weighted by Gasteiger charge is -2.32. The lowest BCUT2D eigenvalue weighted by molar-refractivity contribution is 0.176. The lowest BCUT2D eigenvalue weighted by atomic mass is 9.99. The molecule has 0 aliphatic carbocycles. The Morgan fingerprint density at radius 3 is 3.06 bits per heavy atom. The third-order valence-corrected chi connectivity index (χ3v) is 4.39. The summed E-state index contributed by atoms with van der Waals surface area (Å²) in [6.07, 6.45) is 2.50. The Kier molecular flexibility index (Phi) is 5.34. The van der Waals surface area contributed by atoms with Crippen molar-refractivity contribution in [3.05, 3.63) is 28.2 Å². The predicted octanol–water partition coefficient (Wildman–Crippen LogP) is 3.91. The average Bonchev–Trinajstić information content (AvgIpc) is 2.39. The molecule has 1 unspecified atom stereocenters. The fourth-order valence-corrected chi connectivity index (χ4v) is 3.19. The second kappa shape index (κ2) is 6.78. The minimum atomic E-state index is 0.638. The van der Waals surface area contributed by atoms with Gasteiger partial charge < -0.3 is 4.74 Å². The van der Waals surface area contributed by atoms with Gasteiger partial charge in [-0.3, -0.25) is 4.90 Å². The molecule has 1 saturated heterocycles. The Hall–Kier alpha value is -0.250. The van der Waals surface area contributed by atoms with Crippen LogP contribution in [-0.2, 0) is 6.54 Å². The second-order valence-electron chi connectivity index (χ2n) is 4.85. The van der Waals surface area contributed by atoms with E-state index in [1.807, 2.05) is 12.1 Å². The van der Waals surface area contributed by atoms with Crippen LogP contribution in [0.2, 0.25) is 0 Å². The number of alkyl halides is 1. The minimum absolute atomic E-state index is 0.638. The van der Waals surface area contributed by atoms with Crippen molar-refractivity contribution in [1.82, 2.24) is 4.90 Å². The van der Waals surface area contributed by atoms with Crippen molar-refractivity contribution in [3.63, 3.8) is 0 Å². The summed E-state index contributed by atoms with van der Waals surface area (Å²) in [7, 11) is 1.73. The Morgan fingerprint density at radius 1 is 1.50 bits per heavy atom. The van der Waals surface area contributed by atoms with Gasteiger partial charge in [0.1, 0.15) is 5.75 Å². The Labute approximate surface area is 122 Å². The van der Waals surface area contributed by atoms with E-state index < -0.39 is 0 Å². The number of piperidine rings is 1. The smallest absolute Gasteiger partial charge is 0.123 e. The summed E-state index contributed by atoms with van der Waals surface area (Å²) in [5.74, 6) is 2.37. The molecule has 4 heteroatoms. The van der Waals surface area contributed by atoms with Gasteiger partial charge in [0.05, 0.1) is 7.11 Å². The van der Waals surface area contributed by atoms with Gasteiger partial charge >= 0.3 is 0 Å². The molecule has 1 fully saturated rings. The van der Waals surface area contributed by atoms with Crippen molar-refractivity contribution in [1.29, 1.82) is 0 Å². The van der Waals surface area contributed by atoms with Gasteiger partial charge in [0.2, 0.25) is 0 Å². The maximum absolute atomic E-state index is 5.97. The number of ether oxygens (including phenoxy) is 1. The highest BCUT2D eigenvalue weighted by Crippen LogP contribution is 2.26. The fraction of sp³-hybridized carbons (Fsp3) is 0.571. The Bertz CT molecular complexity index is 399. The summed E-state index contributed by atoms with van der Waals surface area (Å²) < 4.78 is 6.52. The third-order valence-electron chi connectivity index (χ3n) is 3.46. The molecular weight excluding hydrogens is 314 g/mol. The van der Waals surface area contributed by atoms with E-state index in [9.17, 15) is 0 Å². The van der Waals surface area contributed by atoms with E-state index in [0.29, 0.717) is 5.92 Å². The quantitative estimate of drug-likeness (QED) is 0.775. The monoisotopic (exact) mass is 331 g/mol. The van der Waals surface area contributed by atoms with Crippen LogP contribution in [0.3, 0.4) is 0 Å². The van der Waals surface area contributed by atoms with Crippen LogP contribution in [0, 0.1) is 5.92 Å². The average molecular weight is 333 g/mol. The molecule has 0 radical (unpaired) electrons. The summed E-state index contributed by atoms with van der Waals surface area (Å²) in [4.78, 5) is 2.47. The van der Waals surface area contributed by atoms with Crippen molar-refractivity contribution in [2.24, 2.45) is 5.92 Å². The first-order valence-corrected chi connectivity index (χ1v) is 7.66. The van der Waals surface area contributed by atoms with Crippen molar-refractivity contribution >= 4 is 27.5 Å². The molecule has 0 spiro atoms. The molecule has 100 valence electrons. The van der Waals surface area contributed by atoms with Gasteiger partial charge in [-0.05, 0) is 43.5 Å². The van der Waals surface area contributed by atoms with Crippen LogP contribution < -0.4 is 4.74 Å². The van der Waals surface area contributed by atoms with Crippen LogP contribution >= 0.6 is 27.5 Å². The number of rotatable bonds is 4. The van der Waals surface area contributed by atoms with Crippen molar-refractivity contribution in [2.75, 3.05) is 26.1 Å². The van der Waals surface area contributed by atoms with Gasteiger partial charge in [0.15, 0.2) is 0 Å². The van der Waals surface area contributed by atoms with E-state index >= 15 is 0 Å². The molecule has 0 amide bonds. The molecule has 1 atom stereocenters. The zero-order chi connectivity index (χ0) is 13.0. The zero-order valence-electron chi connectivity index (χ0n) is 10.7. The normalized spacial score (nSPS) is 20.9. The predicted molar refractivity (Wildman–Crippen MR) is 79.4 cm³/mol. The van der Waals surface area contributed by atoms with Crippen LogP contribution in [-0.4, -0.2) is 31.0 Å². The van der Waals surface area contributed by atoms with Crippen LogP contribution in [0.1, 0.15) is 18.4 Å². The molecule has 0 N–H and O–H groups in total. The Balaban J connectivity index is 2.06.